The summed E-state index contributed by atoms with van der Waals surface area (Å²) in [5.41, 5.74) is 0.00136. The second kappa shape index (κ2) is 8.34. The highest BCUT2D eigenvalue weighted by atomic mass is 35.5. The summed E-state index contributed by atoms with van der Waals surface area (Å²) >= 11 is 5.99. The Morgan fingerprint density at radius 1 is 1.24 bits per heavy atom. The van der Waals surface area contributed by atoms with Crippen LogP contribution >= 0.6 is 11.6 Å². The van der Waals surface area contributed by atoms with Crippen LogP contribution in [0.5, 0.6) is 11.5 Å². The number of hydrogen-bond acceptors (Lipinski definition) is 5. The first-order valence-corrected chi connectivity index (χ1v) is 7.88. The zero-order valence-corrected chi connectivity index (χ0v) is 14.4. The van der Waals surface area contributed by atoms with E-state index < -0.39 is 16.9 Å². The zero-order valence-electron chi connectivity index (χ0n) is 13.7. The average molecular weight is 365 g/mol. The number of nitrogens with zero attached hydrogens (tertiary/aromatic N) is 1. The van der Waals surface area contributed by atoms with Crippen molar-refractivity contribution in [2.45, 2.75) is 19.4 Å². The van der Waals surface area contributed by atoms with Crippen molar-refractivity contribution < 1.29 is 19.2 Å². The van der Waals surface area contributed by atoms with Crippen LogP contribution < -0.4 is 14.8 Å². The molecule has 1 N–H and O–H groups in total. The van der Waals surface area contributed by atoms with Gasteiger partial charge < -0.3 is 14.8 Å². The minimum atomic E-state index is -0.774. The highest BCUT2D eigenvalue weighted by Crippen LogP contribution is 2.27. The molecule has 0 saturated heterocycles. The number of hydrogen-bond donors (Lipinski definition) is 1. The van der Waals surface area contributed by atoms with Crippen molar-refractivity contribution in [3.63, 3.8) is 0 Å². The molecule has 0 radical (unpaired) electrons. The number of amides is 1. The summed E-state index contributed by atoms with van der Waals surface area (Å²) in [5, 5.41) is 13.6. The van der Waals surface area contributed by atoms with E-state index in [4.69, 9.17) is 21.1 Å². The van der Waals surface area contributed by atoms with Crippen LogP contribution in [0.2, 0.25) is 5.02 Å². The molecule has 1 atom stereocenters. The van der Waals surface area contributed by atoms with Gasteiger partial charge in [-0.2, -0.15) is 0 Å². The van der Waals surface area contributed by atoms with Crippen LogP contribution in [0.1, 0.15) is 13.3 Å². The van der Waals surface area contributed by atoms with Crippen molar-refractivity contribution >= 4 is 28.9 Å². The minimum absolute atomic E-state index is 0.163. The van der Waals surface area contributed by atoms with Gasteiger partial charge in [-0.25, -0.2) is 0 Å². The number of anilines is 1. The van der Waals surface area contributed by atoms with Crippen LogP contribution in [0.4, 0.5) is 11.4 Å². The fourth-order valence-electron chi connectivity index (χ4n) is 2.08. The lowest BCUT2D eigenvalue weighted by Gasteiger charge is -2.18. The molecule has 2 rings (SSSR count). The Labute approximate surface area is 149 Å². The lowest BCUT2D eigenvalue weighted by atomic mass is 10.2. The summed E-state index contributed by atoms with van der Waals surface area (Å²) in [5.74, 6) is 0.738. The smallest absolute Gasteiger partial charge is 0.271 e. The first-order chi connectivity index (χ1) is 11.9. The van der Waals surface area contributed by atoms with Gasteiger partial charge in [0.05, 0.1) is 22.7 Å². The first-order valence-electron chi connectivity index (χ1n) is 7.50. The first kappa shape index (κ1) is 18.5. The molecule has 0 heterocycles. The van der Waals surface area contributed by atoms with Crippen LogP contribution in [-0.2, 0) is 4.79 Å². The van der Waals surface area contributed by atoms with E-state index in [0.29, 0.717) is 17.9 Å². The van der Waals surface area contributed by atoms with Crippen LogP contribution in [-0.4, -0.2) is 24.0 Å². The van der Waals surface area contributed by atoms with Gasteiger partial charge in [-0.1, -0.05) is 18.5 Å². The molecule has 0 bridgehead atoms. The maximum atomic E-state index is 12.4. The molecule has 25 heavy (non-hydrogen) atoms. The number of halogens is 1. The largest absolute Gasteiger partial charge is 0.497 e. The lowest BCUT2D eigenvalue weighted by Crippen LogP contribution is -2.32. The van der Waals surface area contributed by atoms with Gasteiger partial charge in [0.15, 0.2) is 6.10 Å². The SMILES string of the molecule is CC[C@@H](Oc1ccc(OC)cc1)C(=O)Nc1cc([N+](=O)[O-])ccc1Cl. The molecule has 2 aromatic rings. The van der Waals surface area contributed by atoms with E-state index in [0.717, 1.165) is 0 Å². The highest BCUT2D eigenvalue weighted by molar-refractivity contribution is 6.33. The Hall–Kier alpha value is -2.80. The van der Waals surface area contributed by atoms with E-state index in [-0.39, 0.29) is 16.4 Å². The number of nitro groups is 1. The number of ether oxygens (including phenoxy) is 2. The summed E-state index contributed by atoms with van der Waals surface area (Å²) in [4.78, 5) is 22.7. The standard InChI is InChI=1S/C17H17ClN2O5/c1-3-16(25-13-7-5-12(24-2)6-8-13)17(21)19-15-10-11(20(22)23)4-9-14(15)18/h4-10,16H,3H2,1-2H3,(H,19,21)/t16-/m1/s1. The third kappa shape index (κ3) is 4.84. The van der Waals surface area contributed by atoms with E-state index in [1.807, 2.05) is 0 Å². The summed E-state index contributed by atoms with van der Waals surface area (Å²) < 4.78 is 10.7. The number of methoxy groups -OCH3 is 1. The van der Waals surface area contributed by atoms with Crippen molar-refractivity contribution in [1.29, 1.82) is 0 Å². The van der Waals surface area contributed by atoms with Crippen LogP contribution in [0.25, 0.3) is 0 Å². The fourth-order valence-corrected chi connectivity index (χ4v) is 2.24. The Balaban J connectivity index is 2.11. The Bertz CT molecular complexity index is 764. The number of benzene rings is 2. The number of nitro benzene ring substituents is 1. The molecule has 0 aliphatic heterocycles. The molecule has 2 aromatic carbocycles. The molecule has 1 amide bonds. The van der Waals surface area contributed by atoms with Crippen molar-refractivity contribution in [3.8, 4) is 11.5 Å². The van der Waals surface area contributed by atoms with Gasteiger partial charge in [0, 0.05) is 12.1 Å². The minimum Gasteiger partial charge on any atom is -0.497 e. The number of carbonyl (C=O) groups is 1. The summed E-state index contributed by atoms with van der Waals surface area (Å²) in [7, 11) is 1.56. The van der Waals surface area contributed by atoms with Crippen LogP contribution in [0, 0.1) is 10.1 Å². The maximum Gasteiger partial charge on any atom is 0.271 e. The summed E-state index contributed by atoms with van der Waals surface area (Å²) in [6, 6.07) is 10.7. The van der Waals surface area contributed by atoms with Crippen molar-refractivity contribution in [2.75, 3.05) is 12.4 Å². The zero-order chi connectivity index (χ0) is 18.4. The van der Waals surface area contributed by atoms with Crippen molar-refractivity contribution in [1.82, 2.24) is 0 Å². The van der Waals surface area contributed by atoms with E-state index in [9.17, 15) is 14.9 Å². The van der Waals surface area contributed by atoms with E-state index >= 15 is 0 Å². The average Bonchev–Trinajstić information content (AvgIpc) is 2.61. The molecule has 7 nitrogen and oxygen atoms in total. The van der Waals surface area contributed by atoms with Crippen molar-refractivity contribution in [3.05, 3.63) is 57.6 Å². The third-order valence-corrected chi connectivity index (χ3v) is 3.75. The van der Waals surface area contributed by atoms with Gasteiger partial charge in [-0.3, -0.25) is 14.9 Å². The summed E-state index contributed by atoms with van der Waals surface area (Å²) in [6.07, 6.45) is -0.367. The lowest BCUT2D eigenvalue weighted by molar-refractivity contribution is -0.384. The van der Waals surface area contributed by atoms with Gasteiger partial charge in [-0.05, 0) is 36.8 Å². The molecule has 132 valence electrons. The second-order valence-corrected chi connectivity index (χ2v) is 5.51. The Morgan fingerprint density at radius 3 is 2.44 bits per heavy atom. The normalized spacial score (nSPS) is 11.5. The molecule has 0 aromatic heterocycles. The monoisotopic (exact) mass is 364 g/mol. The Kier molecular flexibility index (Phi) is 6.19. The molecule has 0 aliphatic rings. The Morgan fingerprint density at radius 2 is 1.88 bits per heavy atom. The molecule has 0 saturated carbocycles. The number of rotatable bonds is 7. The second-order valence-electron chi connectivity index (χ2n) is 5.10. The van der Waals surface area contributed by atoms with Crippen LogP contribution in [0.15, 0.2) is 42.5 Å². The molecule has 0 aliphatic carbocycles. The van der Waals surface area contributed by atoms with E-state index in [1.165, 1.54) is 18.2 Å². The predicted molar refractivity (Wildman–Crippen MR) is 94.4 cm³/mol. The van der Waals surface area contributed by atoms with Gasteiger partial charge in [0.2, 0.25) is 0 Å². The molecular weight excluding hydrogens is 348 g/mol. The van der Waals surface area contributed by atoms with Gasteiger partial charge in [0.25, 0.3) is 11.6 Å². The fraction of sp³-hybridized carbons (Fsp3) is 0.235. The van der Waals surface area contributed by atoms with Gasteiger partial charge in [-0.15, -0.1) is 0 Å². The molecular formula is C17H17ClN2O5. The number of nitrogens with one attached hydrogen (secondary N) is 1. The van der Waals surface area contributed by atoms with Crippen LogP contribution in [0.3, 0.4) is 0 Å². The highest BCUT2D eigenvalue weighted by Gasteiger charge is 2.20. The van der Waals surface area contributed by atoms with E-state index in [2.05, 4.69) is 5.32 Å². The number of non-ortho nitro benzene ring substituents is 1. The molecule has 8 heteroatoms. The third-order valence-electron chi connectivity index (χ3n) is 3.42. The van der Waals surface area contributed by atoms with Crippen molar-refractivity contribution in [2.24, 2.45) is 0 Å². The maximum absolute atomic E-state index is 12.4. The summed E-state index contributed by atoms with van der Waals surface area (Å²) in [6.45, 7) is 1.79. The topological polar surface area (TPSA) is 90.7 Å². The van der Waals surface area contributed by atoms with Gasteiger partial charge >= 0.3 is 0 Å². The molecule has 0 spiro atoms. The van der Waals surface area contributed by atoms with E-state index in [1.54, 1.807) is 38.3 Å². The number of carbonyl (C=O) groups excluding carboxylic acids is 1. The predicted octanol–water partition coefficient (Wildman–Crippen LogP) is 4.05. The van der Waals surface area contributed by atoms with Gasteiger partial charge in [0.1, 0.15) is 11.5 Å². The molecule has 0 unspecified atom stereocenters. The quantitative estimate of drug-likeness (QED) is 0.591. The molecule has 0 fully saturated rings.